The van der Waals surface area contributed by atoms with Gasteiger partial charge in [-0.25, -0.2) is 0 Å². The number of nitrogens with zero attached hydrogens (tertiary/aromatic N) is 1. The molecule has 1 aromatic heterocycles. The largest absolute Gasteiger partial charge is 0.574 e. The van der Waals surface area contributed by atoms with Gasteiger partial charge in [-0.05, 0) is 0 Å². The second kappa shape index (κ2) is 3.89. The highest BCUT2D eigenvalue weighted by molar-refractivity contribution is 5.48. The van der Waals surface area contributed by atoms with Gasteiger partial charge < -0.3 is 16.2 Å². The van der Waals surface area contributed by atoms with Crippen LogP contribution in [0, 0.1) is 5.95 Å². The van der Waals surface area contributed by atoms with E-state index in [1.54, 1.807) is 0 Å². The van der Waals surface area contributed by atoms with E-state index in [2.05, 4.69) is 9.72 Å². The molecule has 0 aliphatic heterocycles. The third-order valence-electron chi connectivity index (χ3n) is 1.51. The summed E-state index contributed by atoms with van der Waals surface area (Å²) in [6.07, 6.45) is -4.93. The molecular formula is C7H7F4N3O. The second-order valence-corrected chi connectivity index (χ2v) is 2.57. The molecule has 1 heterocycles. The van der Waals surface area contributed by atoms with E-state index in [0.717, 1.165) is 6.07 Å². The Kier molecular flexibility index (Phi) is 2.98. The highest BCUT2D eigenvalue weighted by Gasteiger charge is 2.32. The molecule has 0 saturated heterocycles. The SMILES string of the molecule is NCc1c(N)cc(OC(F)(F)F)nc1F. The maximum Gasteiger partial charge on any atom is 0.574 e. The van der Waals surface area contributed by atoms with E-state index >= 15 is 0 Å². The number of halogens is 4. The summed E-state index contributed by atoms with van der Waals surface area (Å²) in [7, 11) is 0. The van der Waals surface area contributed by atoms with Crippen molar-refractivity contribution in [2.24, 2.45) is 5.73 Å². The van der Waals surface area contributed by atoms with Gasteiger partial charge in [0.1, 0.15) is 0 Å². The minimum Gasteiger partial charge on any atom is -0.398 e. The molecule has 0 aliphatic rings. The first kappa shape index (κ1) is 11.5. The van der Waals surface area contributed by atoms with Crippen LogP contribution >= 0.6 is 0 Å². The number of anilines is 1. The van der Waals surface area contributed by atoms with E-state index in [-0.39, 0.29) is 17.8 Å². The molecule has 0 saturated carbocycles. The van der Waals surface area contributed by atoms with Crippen molar-refractivity contribution in [1.82, 2.24) is 4.98 Å². The minimum atomic E-state index is -4.93. The van der Waals surface area contributed by atoms with Gasteiger partial charge in [0.25, 0.3) is 0 Å². The number of hydrogen-bond donors (Lipinski definition) is 2. The molecule has 84 valence electrons. The highest BCUT2D eigenvalue weighted by atomic mass is 19.4. The molecule has 0 spiro atoms. The van der Waals surface area contributed by atoms with Gasteiger partial charge in [-0.2, -0.15) is 9.37 Å². The van der Waals surface area contributed by atoms with E-state index < -0.39 is 18.2 Å². The van der Waals surface area contributed by atoms with Crippen molar-refractivity contribution in [1.29, 1.82) is 0 Å². The van der Waals surface area contributed by atoms with Crippen molar-refractivity contribution >= 4 is 5.69 Å². The van der Waals surface area contributed by atoms with Crippen LogP contribution in [-0.2, 0) is 6.54 Å². The van der Waals surface area contributed by atoms with Crippen molar-refractivity contribution in [2.45, 2.75) is 12.9 Å². The summed E-state index contributed by atoms with van der Waals surface area (Å²) in [5, 5.41) is 0. The first-order valence-electron chi connectivity index (χ1n) is 3.74. The van der Waals surface area contributed by atoms with Crippen LogP contribution < -0.4 is 16.2 Å². The van der Waals surface area contributed by atoms with Gasteiger partial charge >= 0.3 is 6.36 Å². The molecule has 0 unspecified atom stereocenters. The number of nitrogens with two attached hydrogens (primary N) is 2. The third-order valence-corrected chi connectivity index (χ3v) is 1.51. The predicted octanol–water partition coefficient (Wildman–Crippen LogP) is 1.16. The summed E-state index contributed by atoms with van der Waals surface area (Å²) < 4.78 is 51.6. The third kappa shape index (κ3) is 2.94. The Morgan fingerprint density at radius 3 is 2.40 bits per heavy atom. The van der Waals surface area contributed by atoms with Gasteiger partial charge in [-0.3, -0.25) is 0 Å². The van der Waals surface area contributed by atoms with Gasteiger partial charge in [0.15, 0.2) is 0 Å². The van der Waals surface area contributed by atoms with Crippen LogP contribution in [0.4, 0.5) is 23.2 Å². The van der Waals surface area contributed by atoms with Crippen LogP contribution in [0.2, 0.25) is 0 Å². The molecule has 8 heteroatoms. The van der Waals surface area contributed by atoms with Crippen LogP contribution in [-0.4, -0.2) is 11.3 Å². The number of pyridine rings is 1. The molecule has 4 N–H and O–H groups in total. The highest BCUT2D eigenvalue weighted by Crippen LogP contribution is 2.25. The van der Waals surface area contributed by atoms with Crippen LogP contribution in [0.1, 0.15) is 5.56 Å². The maximum atomic E-state index is 13.0. The van der Waals surface area contributed by atoms with Crippen molar-refractivity contribution in [3.8, 4) is 5.88 Å². The molecule has 0 atom stereocenters. The van der Waals surface area contributed by atoms with Crippen molar-refractivity contribution < 1.29 is 22.3 Å². The Labute approximate surface area is 81.8 Å². The van der Waals surface area contributed by atoms with E-state index in [9.17, 15) is 17.6 Å². The standard InChI is InChI=1S/C7H7F4N3O/c8-6-3(2-12)4(13)1-5(14-6)15-7(9,10)11/h1H,2,12H2,(H2,13,14). The number of ether oxygens (including phenoxy) is 1. The summed E-state index contributed by atoms with van der Waals surface area (Å²) in [5.74, 6) is -2.12. The molecule has 0 bridgehead atoms. The normalized spacial score (nSPS) is 11.5. The Balaban J connectivity index is 3.04. The Hall–Kier alpha value is -1.57. The van der Waals surface area contributed by atoms with Gasteiger partial charge in [-0.1, -0.05) is 0 Å². The van der Waals surface area contributed by atoms with Crippen molar-refractivity contribution in [3.05, 3.63) is 17.6 Å². The first-order valence-corrected chi connectivity index (χ1v) is 3.74. The van der Waals surface area contributed by atoms with Gasteiger partial charge in [0.05, 0.1) is 0 Å². The van der Waals surface area contributed by atoms with Gasteiger partial charge in [0, 0.05) is 23.9 Å². The predicted molar refractivity (Wildman–Crippen MR) is 43.2 cm³/mol. The molecule has 0 aromatic carbocycles. The quantitative estimate of drug-likeness (QED) is 0.585. The van der Waals surface area contributed by atoms with E-state index in [4.69, 9.17) is 11.5 Å². The molecule has 0 fully saturated rings. The van der Waals surface area contributed by atoms with Crippen LogP contribution in [0.15, 0.2) is 6.07 Å². The molecule has 0 amide bonds. The van der Waals surface area contributed by atoms with Gasteiger partial charge in [-0.15, -0.1) is 13.2 Å². The maximum absolute atomic E-state index is 13.0. The van der Waals surface area contributed by atoms with Crippen LogP contribution in [0.3, 0.4) is 0 Å². The monoisotopic (exact) mass is 225 g/mol. The molecule has 0 aliphatic carbocycles. The number of rotatable bonds is 2. The Morgan fingerprint density at radius 2 is 2.00 bits per heavy atom. The van der Waals surface area contributed by atoms with Crippen LogP contribution in [0.5, 0.6) is 5.88 Å². The Bertz CT molecular complexity index is 343. The smallest absolute Gasteiger partial charge is 0.398 e. The fourth-order valence-corrected chi connectivity index (χ4v) is 0.909. The average molecular weight is 225 g/mol. The molecule has 15 heavy (non-hydrogen) atoms. The molecule has 1 aromatic rings. The number of nitrogen functional groups attached to an aromatic ring is 1. The average Bonchev–Trinajstić information content (AvgIpc) is 1.99. The topological polar surface area (TPSA) is 74.2 Å². The summed E-state index contributed by atoms with van der Waals surface area (Å²) in [6, 6.07) is 0.763. The van der Waals surface area contributed by atoms with Crippen molar-refractivity contribution in [2.75, 3.05) is 5.73 Å². The van der Waals surface area contributed by atoms with E-state index in [0.29, 0.717) is 0 Å². The van der Waals surface area contributed by atoms with E-state index in [1.807, 2.05) is 0 Å². The lowest BCUT2D eigenvalue weighted by molar-refractivity contribution is -0.276. The van der Waals surface area contributed by atoms with Crippen LogP contribution in [0.25, 0.3) is 0 Å². The summed E-state index contributed by atoms with van der Waals surface area (Å²) in [6.45, 7) is -0.253. The zero-order chi connectivity index (χ0) is 11.6. The lowest BCUT2D eigenvalue weighted by Crippen LogP contribution is -2.19. The fourth-order valence-electron chi connectivity index (χ4n) is 0.909. The Morgan fingerprint density at radius 1 is 1.40 bits per heavy atom. The van der Waals surface area contributed by atoms with Crippen molar-refractivity contribution in [3.63, 3.8) is 0 Å². The first-order chi connectivity index (χ1) is 6.83. The minimum absolute atomic E-state index is 0.149. The second-order valence-electron chi connectivity index (χ2n) is 2.57. The summed E-state index contributed by atoms with van der Waals surface area (Å²) in [5.41, 5.74) is 9.97. The summed E-state index contributed by atoms with van der Waals surface area (Å²) in [4.78, 5) is 2.92. The summed E-state index contributed by atoms with van der Waals surface area (Å²) >= 11 is 0. The lowest BCUT2D eigenvalue weighted by atomic mass is 10.2. The zero-order valence-corrected chi connectivity index (χ0v) is 7.31. The molecule has 1 rings (SSSR count). The number of aromatic nitrogens is 1. The number of hydrogen-bond acceptors (Lipinski definition) is 4. The number of alkyl halides is 3. The van der Waals surface area contributed by atoms with E-state index in [1.165, 1.54) is 0 Å². The van der Waals surface area contributed by atoms with Gasteiger partial charge in [0.2, 0.25) is 11.8 Å². The fraction of sp³-hybridized carbons (Fsp3) is 0.286. The molecule has 0 radical (unpaired) electrons. The molecular weight excluding hydrogens is 218 g/mol. The molecule has 4 nitrogen and oxygen atoms in total. The lowest BCUT2D eigenvalue weighted by Gasteiger charge is -2.10. The zero-order valence-electron chi connectivity index (χ0n) is 7.31.